The van der Waals surface area contributed by atoms with Crippen LogP contribution >= 0.6 is 23.1 Å². The van der Waals surface area contributed by atoms with Gasteiger partial charge in [0.25, 0.3) is 5.56 Å². The molecule has 0 N–H and O–H groups in total. The van der Waals surface area contributed by atoms with E-state index >= 15 is 0 Å². The van der Waals surface area contributed by atoms with E-state index < -0.39 is 12.0 Å². The van der Waals surface area contributed by atoms with Crippen LogP contribution in [0.2, 0.25) is 4.34 Å². The fourth-order valence-electron chi connectivity index (χ4n) is 1.28. The maximum atomic E-state index is 11.5. The highest BCUT2D eigenvalue weighted by Gasteiger charge is 2.27. The topological polar surface area (TPSA) is 48.3 Å². The lowest BCUT2D eigenvalue weighted by atomic mass is 10.1. The van der Waals surface area contributed by atoms with Crippen molar-refractivity contribution >= 4 is 29.1 Å². The maximum Gasteiger partial charge on any atom is 0.330 e. The summed E-state index contributed by atoms with van der Waals surface area (Å²) in [5.41, 5.74) is -0.269. The first-order valence-corrected chi connectivity index (χ1v) is 5.58. The summed E-state index contributed by atoms with van der Waals surface area (Å²) >= 11 is 6.77. The SMILES string of the molecule is COC(=O)[C@H](C(C)C)n1sc(Cl)cc1=O. The van der Waals surface area contributed by atoms with Crippen LogP contribution in [0.4, 0.5) is 0 Å². The Bertz CT molecular complexity index is 410. The summed E-state index contributed by atoms with van der Waals surface area (Å²) in [6, 6.07) is 0.699. The van der Waals surface area contributed by atoms with Crippen LogP contribution in [0.25, 0.3) is 0 Å². The molecule has 0 aliphatic carbocycles. The van der Waals surface area contributed by atoms with Crippen LogP contribution in [-0.4, -0.2) is 17.0 Å². The van der Waals surface area contributed by atoms with Gasteiger partial charge in [0.05, 0.1) is 7.11 Å². The van der Waals surface area contributed by atoms with Crippen LogP contribution in [0.3, 0.4) is 0 Å². The normalized spacial score (nSPS) is 12.9. The predicted octanol–water partition coefficient (Wildman–Crippen LogP) is 1.93. The molecular formula is C9H12ClNO3S. The summed E-state index contributed by atoms with van der Waals surface area (Å²) in [4.78, 5) is 23.0. The van der Waals surface area contributed by atoms with Gasteiger partial charge in [0.1, 0.15) is 10.4 Å². The van der Waals surface area contributed by atoms with E-state index in [0.717, 1.165) is 11.5 Å². The third-order valence-corrected chi connectivity index (χ3v) is 3.18. The lowest BCUT2D eigenvalue weighted by Gasteiger charge is -2.17. The van der Waals surface area contributed by atoms with Gasteiger partial charge in [-0.3, -0.25) is 4.79 Å². The molecule has 1 atom stereocenters. The molecule has 0 bridgehead atoms. The Morgan fingerprint density at radius 3 is 2.53 bits per heavy atom. The first-order chi connectivity index (χ1) is 6.97. The number of ether oxygens (including phenoxy) is 1. The molecule has 0 aromatic carbocycles. The van der Waals surface area contributed by atoms with Crippen molar-refractivity contribution in [2.75, 3.05) is 7.11 Å². The van der Waals surface area contributed by atoms with Crippen molar-refractivity contribution in [2.45, 2.75) is 19.9 Å². The summed E-state index contributed by atoms with van der Waals surface area (Å²) in [6.07, 6.45) is 0. The number of carbonyl (C=O) groups is 1. The van der Waals surface area contributed by atoms with Crippen molar-refractivity contribution in [3.05, 3.63) is 20.8 Å². The molecule has 6 heteroatoms. The summed E-state index contributed by atoms with van der Waals surface area (Å²) in [5.74, 6) is -0.449. The number of methoxy groups -OCH3 is 1. The van der Waals surface area contributed by atoms with Gasteiger partial charge in [-0.2, -0.15) is 0 Å². The van der Waals surface area contributed by atoms with Gasteiger partial charge in [-0.1, -0.05) is 25.4 Å². The zero-order chi connectivity index (χ0) is 11.6. The molecule has 0 aliphatic rings. The van der Waals surface area contributed by atoms with Gasteiger partial charge in [-0.05, 0) is 17.5 Å². The number of esters is 1. The Hall–Kier alpha value is -0.810. The molecule has 0 saturated heterocycles. The van der Waals surface area contributed by atoms with Crippen molar-refractivity contribution in [3.63, 3.8) is 0 Å². The third-order valence-electron chi connectivity index (χ3n) is 1.97. The van der Waals surface area contributed by atoms with E-state index in [2.05, 4.69) is 4.74 Å². The van der Waals surface area contributed by atoms with Gasteiger partial charge in [-0.15, -0.1) is 0 Å². The van der Waals surface area contributed by atoms with Crippen LogP contribution in [0.15, 0.2) is 10.9 Å². The van der Waals surface area contributed by atoms with Gasteiger partial charge in [0.2, 0.25) is 0 Å². The van der Waals surface area contributed by atoms with Crippen molar-refractivity contribution in [1.29, 1.82) is 0 Å². The van der Waals surface area contributed by atoms with Crippen molar-refractivity contribution in [2.24, 2.45) is 5.92 Å². The number of hydrogen-bond acceptors (Lipinski definition) is 4. The first-order valence-electron chi connectivity index (χ1n) is 4.43. The number of carbonyl (C=O) groups excluding carboxylic acids is 1. The maximum absolute atomic E-state index is 11.5. The smallest absolute Gasteiger partial charge is 0.330 e. The molecule has 4 nitrogen and oxygen atoms in total. The van der Waals surface area contributed by atoms with Crippen LogP contribution < -0.4 is 5.56 Å². The minimum atomic E-state index is -0.597. The molecule has 84 valence electrons. The largest absolute Gasteiger partial charge is 0.467 e. The lowest BCUT2D eigenvalue weighted by Crippen LogP contribution is -2.30. The van der Waals surface area contributed by atoms with Crippen LogP contribution in [0, 0.1) is 5.92 Å². The minimum Gasteiger partial charge on any atom is -0.467 e. The molecular weight excluding hydrogens is 238 g/mol. The zero-order valence-electron chi connectivity index (χ0n) is 8.69. The second-order valence-electron chi connectivity index (χ2n) is 3.42. The summed E-state index contributed by atoms with van der Waals surface area (Å²) < 4.78 is 6.37. The zero-order valence-corrected chi connectivity index (χ0v) is 10.3. The van der Waals surface area contributed by atoms with Crippen LogP contribution in [0.5, 0.6) is 0 Å². The van der Waals surface area contributed by atoms with Gasteiger partial charge in [0, 0.05) is 6.07 Å². The molecule has 0 saturated carbocycles. The Balaban J connectivity index is 3.15. The average molecular weight is 250 g/mol. The Morgan fingerprint density at radius 1 is 1.60 bits per heavy atom. The second kappa shape index (κ2) is 4.81. The quantitative estimate of drug-likeness (QED) is 0.769. The van der Waals surface area contributed by atoms with E-state index in [1.807, 2.05) is 13.8 Å². The molecule has 0 amide bonds. The molecule has 0 spiro atoms. The number of hydrogen-bond donors (Lipinski definition) is 0. The Kier molecular flexibility index (Phi) is 3.93. The highest BCUT2D eigenvalue weighted by molar-refractivity contribution is 7.11. The highest BCUT2D eigenvalue weighted by atomic mass is 35.5. The van der Waals surface area contributed by atoms with Crippen molar-refractivity contribution < 1.29 is 9.53 Å². The van der Waals surface area contributed by atoms with Crippen molar-refractivity contribution in [3.8, 4) is 0 Å². The summed E-state index contributed by atoms with van der Waals surface area (Å²) in [5, 5.41) is 0. The molecule has 1 aromatic rings. The van der Waals surface area contributed by atoms with Gasteiger partial charge >= 0.3 is 5.97 Å². The second-order valence-corrected chi connectivity index (χ2v) is 5.06. The molecule has 0 radical (unpaired) electrons. The van der Waals surface area contributed by atoms with Gasteiger partial charge in [0.15, 0.2) is 0 Å². The van der Waals surface area contributed by atoms with Crippen molar-refractivity contribution in [1.82, 2.24) is 3.96 Å². The number of halogens is 1. The average Bonchev–Trinajstić information content (AvgIpc) is 2.45. The van der Waals surface area contributed by atoms with E-state index in [4.69, 9.17) is 11.6 Å². The molecule has 0 unspecified atom stereocenters. The van der Waals surface area contributed by atoms with E-state index in [-0.39, 0.29) is 11.5 Å². The fraction of sp³-hybridized carbons (Fsp3) is 0.556. The fourth-order valence-corrected chi connectivity index (χ4v) is 2.52. The van der Waals surface area contributed by atoms with E-state index in [1.165, 1.54) is 17.1 Å². The Labute approximate surface area is 96.6 Å². The van der Waals surface area contributed by atoms with E-state index in [0.29, 0.717) is 4.34 Å². The summed E-state index contributed by atoms with van der Waals surface area (Å²) in [6.45, 7) is 3.70. The van der Waals surface area contributed by atoms with E-state index in [1.54, 1.807) is 0 Å². The third kappa shape index (κ3) is 2.60. The molecule has 0 fully saturated rings. The molecule has 15 heavy (non-hydrogen) atoms. The standard InChI is InChI=1S/C9H12ClNO3S/c1-5(2)8(9(13)14-3)11-7(12)4-6(10)15-11/h4-5,8H,1-3H3/t8-/m0/s1. The molecule has 1 rings (SSSR count). The number of nitrogens with zero attached hydrogens (tertiary/aromatic N) is 1. The van der Waals surface area contributed by atoms with Crippen LogP contribution in [-0.2, 0) is 9.53 Å². The number of rotatable bonds is 3. The minimum absolute atomic E-state index is 0.0233. The molecule has 1 heterocycles. The Morgan fingerprint density at radius 2 is 2.20 bits per heavy atom. The van der Waals surface area contributed by atoms with Crippen LogP contribution in [0.1, 0.15) is 19.9 Å². The molecule has 0 aliphatic heterocycles. The van der Waals surface area contributed by atoms with Gasteiger partial charge < -0.3 is 4.74 Å². The highest BCUT2D eigenvalue weighted by Crippen LogP contribution is 2.23. The van der Waals surface area contributed by atoms with E-state index in [9.17, 15) is 9.59 Å². The monoisotopic (exact) mass is 249 g/mol. The molecule has 1 aromatic heterocycles. The predicted molar refractivity (Wildman–Crippen MR) is 59.5 cm³/mol. The first kappa shape index (κ1) is 12.3. The lowest BCUT2D eigenvalue weighted by molar-refractivity contribution is -0.145. The summed E-state index contributed by atoms with van der Waals surface area (Å²) in [7, 11) is 1.30. The number of aromatic nitrogens is 1. The van der Waals surface area contributed by atoms with Gasteiger partial charge in [-0.25, -0.2) is 8.75 Å².